The van der Waals surface area contributed by atoms with Crippen molar-refractivity contribution < 1.29 is 18.3 Å². The highest BCUT2D eigenvalue weighted by atomic mass is 32.1. The Hall–Kier alpha value is -0.550. The van der Waals surface area contributed by atoms with Crippen LogP contribution in [0.1, 0.15) is 36.3 Å². The Balaban J connectivity index is 2.57. The number of rotatable bonds is 4. The first-order chi connectivity index (χ1) is 6.94. The summed E-state index contributed by atoms with van der Waals surface area (Å²) in [5.74, 6) is 0. The largest absolute Gasteiger partial charge is 0.389 e. The SMILES string of the molecule is CCc1ccsc1C(O)CCC(F)(F)F. The summed E-state index contributed by atoms with van der Waals surface area (Å²) < 4.78 is 35.8. The van der Waals surface area contributed by atoms with Gasteiger partial charge in [0.15, 0.2) is 0 Å². The summed E-state index contributed by atoms with van der Waals surface area (Å²) in [6.07, 6.45) is -5.62. The van der Waals surface area contributed by atoms with Crippen molar-refractivity contribution in [3.05, 3.63) is 21.9 Å². The predicted octanol–water partition coefficient (Wildman–Crippen LogP) is 3.69. The van der Waals surface area contributed by atoms with Crippen molar-refractivity contribution in [2.45, 2.75) is 38.5 Å². The van der Waals surface area contributed by atoms with E-state index in [2.05, 4.69) is 0 Å². The van der Waals surface area contributed by atoms with Crippen LogP contribution in [0.5, 0.6) is 0 Å². The molecule has 0 saturated heterocycles. The normalized spacial score (nSPS) is 14.2. The van der Waals surface area contributed by atoms with Crippen LogP contribution < -0.4 is 0 Å². The molecule has 0 aliphatic heterocycles. The summed E-state index contributed by atoms with van der Waals surface area (Å²) in [6, 6.07) is 1.84. The average Bonchev–Trinajstić information content (AvgIpc) is 2.60. The van der Waals surface area contributed by atoms with E-state index in [0.29, 0.717) is 4.88 Å². The lowest BCUT2D eigenvalue weighted by Gasteiger charge is -2.12. The van der Waals surface area contributed by atoms with Gasteiger partial charge in [0, 0.05) is 11.3 Å². The lowest BCUT2D eigenvalue weighted by Crippen LogP contribution is -2.10. The van der Waals surface area contributed by atoms with Gasteiger partial charge in [-0.25, -0.2) is 0 Å². The van der Waals surface area contributed by atoms with Gasteiger partial charge in [-0.05, 0) is 29.9 Å². The number of aliphatic hydroxyl groups is 1. The molecule has 0 aromatic carbocycles. The summed E-state index contributed by atoms with van der Waals surface area (Å²) in [5.41, 5.74) is 0.940. The molecule has 1 heterocycles. The second kappa shape index (κ2) is 4.99. The van der Waals surface area contributed by atoms with Crippen molar-refractivity contribution in [2.24, 2.45) is 0 Å². The number of halogens is 3. The molecule has 15 heavy (non-hydrogen) atoms. The van der Waals surface area contributed by atoms with E-state index in [1.54, 1.807) is 5.38 Å². The Morgan fingerprint density at radius 2 is 2.13 bits per heavy atom. The van der Waals surface area contributed by atoms with Crippen LogP contribution in [0.2, 0.25) is 0 Å². The van der Waals surface area contributed by atoms with Gasteiger partial charge in [0.25, 0.3) is 0 Å². The molecule has 0 fully saturated rings. The molecule has 0 radical (unpaired) electrons. The van der Waals surface area contributed by atoms with Gasteiger partial charge in [-0.2, -0.15) is 13.2 Å². The Labute approximate surface area is 90.6 Å². The number of hydrogen-bond acceptors (Lipinski definition) is 2. The summed E-state index contributed by atoms with van der Waals surface area (Å²) in [6.45, 7) is 1.92. The van der Waals surface area contributed by atoms with Gasteiger partial charge in [0.2, 0.25) is 0 Å². The lowest BCUT2D eigenvalue weighted by atomic mass is 10.1. The number of aryl methyl sites for hydroxylation is 1. The molecule has 0 aliphatic rings. The molecule has 1 aromatic rings. The van der Waals surface area contributed by atoms with Crippen LogP contribution in [0.3, 0.4) is 0 Å². The molecule has 1 atom stereocenters. The standard InChI is InChI=1S/C10H13F3OS/c1-2-7-4-6-15-9(7)8(14)3-5-10(11,12)13/h4,6,8,14H,2-3,5H2,1H3. The molecular weight excluding hydrogens is 225 g/mol. The Morgan fingerprint density at radius 1 is 1.47 bits per heavy atom. The van der Waals surface area contributed by atoms with E-state index < -0.39 is 18.7 Å². The fourth-order valence-corrected chi connectivity index (χ4v) is 2.38. The van der Waals surface area contributed by atoms with E-state index in [-0.39, 0.29) is 6.42 Å². The Morgan fingerprint density at radius 3 is 2.67 bits per heavy atom. The third-order valence-electron chi connectivity index (χ3n) is 2.17. The first-order valence-corrected chi connectivity index (χ1v) is 5.63. The molecule has 1 rings (SSSR count). The smallest absolute Gasteiger partial charge is 0.388 e. The third-order valence-corrected chi connectivity index (χ3v) is 3.23. The second-order valence-electron chi connectivity index (χ2n) is 3.33. The molecule has 0 saturated carbocycles. The van der Waals surface area contributed by atoms with E-state index in [9.17, 15) is 18.3 Å². The summed E-state index contributed by atoms with van der Waals surface area (Å²) >= 11 is 1.32. The van der Waals surface area contributed by atoms with E-state index in [1.165, 1.54) is 11.3 Å². The number of hydrogen-bond donors (Lipinski definition) is 1. The quantitative estimate of drug-likeness (QED) is 0.848. The van der Waals surface area contributed by atoms with Crippen molar-refractivity contribution in [3.63, 3.8) is 0 Å². The van der Waals surface area contributed by atoms with Crippen LogP contribution >= 0.6 is 11.3 Å². The van der Waals surface area contributed by atoms with E-state index >= 15 is 0 Å². The van der Waals surface area contributed by atoms with Crippen LogP contribution in [-0.4, -0.2) is 11.3 Å². The van der Waals surface area contributed by atoms with Gasteiger partial charge in [-0.3, -0.25) is 0 Å². The highest BCUT2D eigenvalue weighted by Crippen LogP contribution is 2.31. The van der Waals surface area contributed by atoms with Crippen LogP contribution in [0.25, 0.3) is 0 Å². The van der Waals surface area contributed by atoms with Crippen LogP contribution in [-0.2, 0) is 6.42 Å². The van der Waals surface area contributed by atoms with Gasteiger partial charge in [-0.15, -0.1) is 11.3 Å². The maximum absolute atomic E-state index is 11.9. The topological polar surface area (TPSA) is 20.2 Å². The highest BCUT2D eigenvalue weighted by molar-refractivity contribution is 7.10. The van der Waals surface area contributed by atoms with Crippen molar-refractivity contribution in [3.8, 4) is 0 Å². The molecule has 0 aliphatic carbocycles. The van der Waals surface area contributed by atoms with Crippen molar-refractivity contribution in [1.29, 1.82) is 0 Å². The van der Waals surface area contributed by atoms with Gasteiger partial charge < -0.3 is 5.11 Å². The number of aliphatic hydroxyl groups excluding tert-OH is 1. The zero-order chi connectivity index (χ0) is 11.5. The minimum Gasteiger partial charge on any atom is -0.388 e. The summed E-state index contributed by atoms with van der Waals surface area (Å²) in [7, 11) is 0. The second-order valence-corrected chi connectivity index (χ2v) is 4.28. The van der Waals surface area contributed by atoms with E-state index in [1.807, 2.05) is 13.0 Å². The van der Waals surface area contributed by atoms with Crippen molar-refractivity contribution >= 4 is 11.3 Å². The summed E-state index contributed by atoms with van der Waals surface area (Å²) in [5, 5.41) is 11.4. The molecule has 1 nitrogen and oxygen atoms in total. The van der Waals surface area contributed by atoms with Gasteiger partial charge >= 0.3 is 6.18 Å². The monoisotopic (exact) mass is 238 g/mol. The molecular formula is C10H13F3OS. The molecule has 0 spiro atoms. The highest BCUT2D eigenvalue weighted by Gasteiger charge is 2.28. The number of alkyl halides is 3. The van der Waals surface area contributed by atoms with Gasteiger partial charge in [0.1, 0.15) is 0 Å². The lowest BCUT2D eigenvalue weighted by molar-refractivity contribution is -0.140. The molecule has 1 aromatic heterocycles. The minimum absolute atomic E-state index is 0.253. The fraction of sp³-hybridized carbons (Fsp3) is 0.600. The molecule has 1 N–H and O–H groups in total. The first-order valence-electron chi connectivity index (χ1n) is 4.75. The molecule has 86 valence electrons. The molecule has 0 amide bonds. The minimum atomic E-state index is -4.19. The molecule has 0 bridgehead atoms. The van der Waals surface area contributed by atoms with Crippen molar-refractivity contribution in [2.75, 3.05) is 0 Å². The summed E-state index contributed by atoms with van der Waals surface area (Å²) in [4.78, 5) is 0.668. The zero-order valence-electron chi connectivity index (χ0n) is 8.34. The first kappa shape index (κ1) is 12.5. The van der Waals surface area contributed by atoms with Gasteiger partial charge in [-0.1, -0.05) is 6.92 Å². The third kappa shape index (κ3) is 3.83. The van der Waals surface area contributed by atoms with Crippen LogP contribution in [0, 0.1) is 0 Å². The predicted molar refractivity (Wildman–Crippen MR) is 53.9 cm³/mol. The van der Waals surface area contributed by atoms with Crippen LogP contribution in [0.15, 0.2) is 11.4 Å². The zero-order valence-corrected chi connectivity index (χ0v) is 9.16. The fourth-order valence-electron chi connectivity index (χ4n) is 1.36. The van der Waals surface area contributed by atoms with Gasteiger partial charge in [0.05, 0.1) is 6.10 Å². The van der Waals surface area contributed by atoms with E-state index in [0.717, 1.165) is 12.0 Å². The molecule has 5 heteroatoms. The Bertz CT molecular complexity index is 306. The van der Waals surface area contributed by atoms with E-state index in [4.69, 9.17) is 0 Å². The maximum atomic E-state index is 11.9. The molecule has 1 unspecified atom stereocenters. The number of thiophene rings is 1. The maximum Gasteiger partial charge on any atom is 0.389 e. The van der Waals surface area contributed by atoms with Crippen LogP contribution in [0.4, 0.5) is 13.2 Å². The Kier molecular flexibility index (Phi) is 4.16. The average molecular weight is 238 g/mol. The van der Waals surface area contributed by atoms with Crippen molar-refractivity contribution in [1.82, 2.24) is 0 Å².